The van der Waals surface area contributed by atoms with E-state index >= 15 is 0 Å². The first kappa shape index (κ1) is 15.4. The normalized spacial score (nSPS) is 18.1. The summed E-state index contributed by atoms with van der Waals surface area (Å²) in [6.07, 6.45) is 5.74. The van der Waals surface area contributed by atoms with Gasteiger partial charge >= 0.3 is 0 Å². The average molecular weight is 295 g/mol. The zero-order valence-electron chi connectivity index (χ0n) is 12.4. The van der Waals surface area contributed by atoms with Crippen molar-refractivity contribution < 1.29 is 8.42 Å². The van der Waals surface area contributed by atoms with Crippen LogP contribution in [0.3, 0.4) is 0 Å². The Hall–Kier alpha value is -1.03. The van der Waals surface area contributed by atoms with Gasteiger partial charge in [0.25, 0.3) is 0 Å². The first-order valence-electron chi connectivity index (χ1n) is 7.63. The van der Waals surface area contributed by atoms with E-state index in [0.29, 0.717) is 23.3 Å². The van der Waals surface area contributed by atoms with Crippen LogP contribution in [0.1, 0.15) is 46.0 Å². The van der Waals surface area contributed by atoms with Crippen molar-refractivity contribution in [2.24, 2.45) is 5.92 Å². The molecule has 2 rings (SSSR count). The van der Waals surface area contributed by atoms with Crippen molar-refractivity contribution in [1.29, 1.82) is 0 Å². The second-order valence-electron chi connectivity index (χ2n) is 5.79. The molecule has 1 aliphatic rings. The fourth-order valence-electron chi connectivity index (χ4n) is 3.06. The monoisotopic (exact) mass is 295 g/mol. The van der Waals surface area contributed by atoms with Crippen LogP contribution in [0.15, 0.2) is 29.2 Å². The lowest BCUT2D eigenvalue weighted by molar-refractivity contribution is 0.481. The molecule has 1 atom stereocenters. The van der Waals surface area contributed by atoms with Gasteiger partial charge in [0.2, 0.25) is 0 Å². The van der Waals surface area contributed by atoms with E-state index in [1.807, 2.05) is 19.1 Å². The van der Waals surface area contributed by atoms with Gasteiger partial charge in [-0.1, -0.05) is 31.9 Å². The summed E-state index contributed by atoms with van der Waals surface area (Å²) in [7, 11) is -3.17. The second-order valence-corrected chi connectivity index (χ2v) is 7.87. The summed E-state index contributed by atoms with van der Waals surface area (Å²) in [5.74, 6) is 0.876. The maximum Gasteiger partial charge on any atom is 0.180 e. The van der Waals surface area contributed by atoms with Crippen LogP contribution in [0, 0.1) is 5.92 Å². The lowest BCUT2D eigenvalue weighted by Gasteiger charge is -2.23. The second kappa shape index (κ2) is 6.61. The summed E-state index contributed by atoms with van der Waals surface area (Å²) in [5.41, 5.74) is 0.764. The molecule has 1 unspecified atom stereocenters. The van der Waals surface area contributed by atoms with Gasteiger partial charge in [-0.15, -0.1) is 0 Å². The highest BCUT2D eigenvalue weighted by Gasteiger charge is 2.24. The molecule has 1 fully saturated rings. The van der Waals surface area contributed by atoms with Gasteiger partial charge in [-0.3, -0.25) is 0 Å². The minimum atomic E-state index is -3.17. The minimum absolute atomic E-state index is 0.212. The van der Waals surface area contributed by atoms with E-state index in [1.165, 1.54) is 25.7 Å². The van der Waals surface area contributed by atoms with Crippen molar-refractivity contribution in [2.75, 3.05) is 11.1 Å². The summed E-state index contributed by atoms with van der Waals surface area (Å²) in [4.78, 5) is 0.451. The topological polar surface area (TPSA) is 46.2 Å². The number of hydrogen-bond donors (Lipinski definition) is 1. The average Bonchev–Trinajstić information content (AvgIpc) is 2.93. The number of anilines is 1. The molecular weight excluding hydrogens is 270 g/mol. The minimum Gasteiger partial charge on any atom is -0.381 e. The third kappa shape index (κ3) is 3.54. The third-order valence-corrected chi connectivity index (χ3v) is 6.16. The van der Waals surface area contributed by atoms with Crippen molar-refractivity contribution in [3.63, 3.8) is 0 Å². The molecule has 3 nitrogen and oxygen atoms in total. The number of rotatable bonds is 6. The van der Waals surface area contributed by atoms with Gasteiger partial charge in [0, 0.05) is 6.04 Å². The van der Waals surface area contributed by atoms with E-state index in [9.17, 15) is 8.42 Å². The van der Waals surface area contributed by atoms with Crippen LogP contribution < -0.4 is 5.32 Å². The summed E-state index contributed by atoms with van der Waals surface area (Å²) in [5, 5.41) is 3.44. The zero-order chi connectivity index (χ0) is 14.6. The molecule has 0 amide bonds. The van der Waals surface area contributed by atoms with E-state index in [0.717, 1.165) is 5.69 Å². The number of sulfone groups is 1. The van der Waals surface area contributed by atoms with Crippen LogP contribution in [0.4, 0.5) is 5.69 Å². The molecule has 112 valence electrons. The molecule has 0 aromatic heterocycles. The van der Waals surface area contributed by atoms with Gasteiger partial charge in [0.15, 0.2) is 9.84 Å². The highest BCUT2D eigenvalue weighted by Crippen LogP contribution is 2.31. The lowest BCUT2D eigenvalue weighted by Crippen LogP contribution is -2.25. The standard InChI is InChI=1S/C16H25NO2S/c1-3-12-20(18,19)16-11-7-6-10-15(16)17-13(2)14-8-4-5-9-14/h6-7,10-11,13-14,17H,3-5,8-9,12H2,1-2H3. The van der Waals surface area contributed by atoms with Crippen molar-refractivity contribution >= 4 is 15.5 Å². The Labute approximate surface area is 122 Å². The highest BCUT2D eigenvalue weighted by atomic mass is 32.2. The zero-order valence-corrected chi connectivity index (χ0v) is 13.2. The number of nitrogens with one attached hydrogen (secondary N) is 1. The molecular formula is C16H25NO2S. The predicted molar refractivity (Wildman–Crippen MR) is 83.8 cm³/mol. The van der Waals surface area contributed by atoms with Gasteiger partial charge < -0.3 is 5.32 Å². The number of benzene rings is 1. The van der Waals surface area contributed by atoms with Crippen molar-refractivity contribution in [1.82, 2.24) is 0 Å². The number of para-hydroxylation sites is 1. The van der Waals surface area contributed by atoms with Crippen molar-refractivity contribution in [2.45, 2.75) is 56.9 Å². The van der Waals surface area contributed by atoms with Gasteiger partial charge in [-0.25, -0.2) is 8.42 Å². The van der Waals surface area contributed by atoms with Crippen LogP contribution in [0.5, 0.6) is 0 Å². The Morgan fingerprint density at radius 3 is 2.55 bits per heavy atom. The van der Waals surface area contributed by atoms with Crippen LogP contribution >= 0.6 is 0 Å². The van der Waals surface area contributed by atoms with Gasteiger partial charge in [-0.2, -0.15) is 0 Å². The molecule has 4 heteroatoms. The van der Waals surface area contributed by atoms with E-state index in [4.69, 9.17) is 0 Å². The molecule has 1 aliphatic carbocycles. The molecule has 20 heavy (non-hydrogen) atoms. The fraction of sp³-hybridized carbons (Fsp3) is 0.625. The van der Waals surface area contributed by atoms with Gasteiger partial charge in [-0.05, 0) is 44.2 Å². The maximum absolute atomic E-state index is 12.3. The van der Waals surface area contributed by atoms with E-state index < -0.39 is 9.84 Å². The third-order valence-electron chi connectivity index (χ3n) is 4.19. The fourth-order valence-corrected chi connectivity index (χ4v) is 4.56. The van der Waals surface area contributed by atoms with Crippen molar-refractivity contribution in [3.05, 3.63) is 24.3 Å². The van der Waals surface area contributed by atoms with Crippen LogP contribution in [-0.4, -0.2) is 20.2 Å². The highest BCUT2D eigenvalue weighted by molar-refractivity contribution is 7.91. The smallest absolute Gasteiger partial charge is 0.180 e. The Morgan fingerprint density at radius 2 is 1.90 bits per heavy atom. The quantitative estimate of drug-likeness (QED) is 0.866. The van der Waals surface area contributed by atoms with Gasteiger partial charge in [0.05, 0.1) is 16.3 Å². The van der Waals surface area contributed by atoms with Crippen molar-refractivity contribution in [3.8, 4) is 0 Å². The molecule has 0 saturated heterocycles. The predicted octanol–water partition coefficient (Wildman–Crippen LogP) is 3.86. The summed E-state index contributed by atoms with van der Waals surface area (Å²) in [6.45, 7) is 4.06. The molecule has 1 aromatic rings. The Bertz CT molecular complexity index is 533. The first-order chi connectivity index (χ1) is 9.54. The van der Waals surface area contributed by atoms with E-state index in [-0.39, 0.29) is 5.75 Å². The summed E-state index contributed by atoms with van der Waals surface area (Å²) >= 11 is 0. The molecule has 0 bridgehead atoms. The molecule has 1 saturated carbocycles. The number of hydrogen-bond acceptors (Lipinski definition) is 3. The maximum atomic E-state index is 12.3. The largest absolute Gasteiger partial charge is 0.381 e. The van der Waals surface area contributed by atoms with E-state index in [2.05, 4.69) is 12.2 Å². The summed E-state index contributed by atoms with van der Waals surface area (Å²) < 4.78 is 24.6. The Morgan fingerprint density at radius 1 is 1.25 bits per heavy atom. The molecule has 0 radical (unpaired) electrons. The molecule has 1 aromatic carbocycles. The Kier molecular flexibility index (Phi) is 5.08. The molecule has 0 heterocycles. The Balaban J connectivity index is 2.19. The SMILES string of the molecule is CCCS(=O)(=O)c1ccccc1NC(C)C1CCCC1. The molecule has 0 spiro atoms. The van der Waals surface area contributed by atoms with Crippen LogP contribution in [0.2, 0.25) is 0 Å². The van der Waals surface area contributed by atoms with Crippen LogP contribution in [-0.2, 0) is 9.84 Å². The van der Waals surface area contributed by atoms with E-state index in [1.54, 1.807) is 12.1 Å². The molecule has 0 aliphatic heterocycles. The molecule has 1 N–H and O–H groups in total. The van der Waals surface area contributed by atoms with Gasteiger partial charge in [0.1, 0.15) is 0 Å². The van der Waals surface area contributed by atoms with Crippen LogP contribution in [0.25, 0.3) is 0 Å². The first-order valence-corrected chi connectivity index (χ1v) is 9.28. The summed E-state index contributed by atoms with van der Waals surface area (Å²) in [6, 6.07) is 7.63. The lowest BCUT2D eigenvalue weighted by atomic mass is 9.99.